The van der Waals surface area contributed by atoms with Crippen molar-refractivity contribution in [2.75, 3.05) is 14.1 Å². The maximum absolute atomic E-state index is 13.9. The number of hydrogen-bond donors (Lipinski definition) is 1. The zero-order chi connectivity index (χ0) is 32.1. The summed E-state index contributed by atoms with van der Waals surface area (Å²) < 4.78 is 16.6. The third-order valence-corrected chi connectivity index (χ3v) is 7.05. The van der Waals surface area contributed by atoms with Crippen LogP contribution in [0.4, 0.5) is 0 Å². The molecule has 1 N–H and O–H groups in total. The van der Waals surface area contributed by atoms with Crippen LogP contribution in [0.1, 0.15) is 64.2 Å². The van der Waals surface area contributed by atoms with E-state index in [2.05, 4.69) is 5.32 Å². The number of aryl methyl sites for hydroxylation is 1. The number of carbonyl (C=O) groups excluding carboxylic acids is 4. The monoisotopic (exact) mass is 596 g/mol. The van der Waals surface area contributed by atoms with Crippen molar-refractivity contribution in [3.8, 4) is 0 Å². The number of amides is 1. The Bertz CT molecular complexity index is 1180. The van der Waals surface area contributed by atoms with Crippen LogP contribution < -0.4 is 5.32 Å². The summed E-state index contributed by atoms with van der Waals surface area (Å²) in [6, 6.07) is 15.2. The molecule has 0 aliphatic rings. The van der Waals surface area contributed by atoms with Crippen LogP contribution in [0.2, 0.25) is 0 Å². The van der Waals surface area contributed by atoms with Crippen molar-refractivity contribution in [3.05, 3.63) is 71.3 Å². The molecule has 2 aromatic rings. The van der Waals surface area contributed by atoms with Crippen molar-refractivity contribution in [1.82, 2.24) is 10.2 Å². The predicted molar refractivity (Wildman–Crippen MR) is 165 cm³/mol. The molecule has 236 valence electrons. The molecule has 4 atom stereocenters. The van der Waals surface area contributed by atoms with Crippen LogP contribution in [-0.4, -0.2) is 67.1 Å². The molecular weight excluding hydrogens is 548 g/mol. The van der Waals surface area contributed by atoms with Gasteiger partial charge in [0.25, 0.3) is 5.91 Å². The van der Waals surface area contributed by atoms with E-state index in [0.29, 0.717) is 6.42 Å². The maximum Gasteiger partial charge on any atom is 0.347 e. The van der Waals surface area contributed by atoms with Gasteiger partial charge in [0.05, 0.1) is 0 Å². The lowest BCUT2D eigenvalue weighted by molar-refractivity contribution is -0.174. The molecule has 9 heteroatoms. The minimum Gasteiger partial charge on any atom is -0.458 e. The molecule has 0 aromatic heterocycles. The van der Waals surface area contributed by atoms with Crippen molar-refractivity contribution in [2.45, 2.75) is 91.7 Å². The number of likely N-dealkylation sites (N-methyl/N-ethyl adjacent to an activating group) is 2. The van der Waals surface area contributed by atoms with E-state index in [1.807, 2.05) is 89.2 Å². The van der Waals surface area contributed by atoms with Gasteiger partial charge in [-0.15, -0.1) is 0 Å². The summed E-state index contributed by atoms with van der Waals surface area (Å²) in [5, 5.41) is 2.98. The molecule has 0 aliphatic carbocycles. The van der Waals surface area contributed by atoms with Gasteiger partial charge < -0.3 is 24.4 Å². The third kappa shape index (κ3) is 11.8. The minimum absolute atomic E-state index is 0.0194. The van der Waals surface area contributed by atoms with Gasteiger partial charge in [0.15, 0.2) is 12.2 Å². The molecule has 0 radical (unpaired) electrons. The first-order chi connectivity index (χ1) is 20.3. The molecule has 0 bridgehead atoms. The van der Waals surface area contributed by atoms with E-state index >= 15 is 0 Å². The zero-order valence-electron chi connectivity index (χ0n) is 26.8. The van der Waals surface area contributed by atoms with Crippen LogP contribution in [-0.2, 0) is 46.4 Å². The van der Waals surface area contributed by atoms with Gasteiger partial charge in [-0.1, -0.05) is 87.9 Å². The van der Waals surface area contributed by atoms with Gasteiger partial charge >= 0.3 is 17.9 Å². The predicted octanol–water partition coefficient (Wildman–Crippen LogP) is 4.63. The number of nitrogens with one attached hydrogen (secondary N) is 1. The summed E-state index contributed by atoms with van der Waals surface area (Å²) in [4.78, 5) is 54.3. The molecule has 9 nitrogen and oxygen atoms in total. The fourth-order valence-corrected chi connectivity index (χ4v) is 4.53. The summed E-state index contributed by atoms with van der Waals surface area (Å²) >= 11 is 0. The highest BCUT2D eigenvalue weighted by Gasteiger charge is 2.37. The second kappa shape index (κ2) is 17.4. The number of hydrogen-bond acceptors (Lipinski definition) is 8. The fourth-order valence-electron chi connectivity index (χ4n) is 4.53. The molecule has 0 unspecified atom stereocenters. The Balaban J connectivity index is 2.23. The Hall–Kier alpha value is -3.72. The average Bonchev–Trinajstić information content (AvgIpc) is 2.97. The molecular formula is C34H48N2O7. The van der Waals surface area contributed by atoms with Gasteiger partial charge in [-0.05, 0) is 56.7 Å². The van der Waals surface area contributed by atoms with Gasteiger partial charge in [-0.3, -0.25) is 9.59 Å². The molecule has 2 aromatic carbocycles. The van der Waals surface area contributed by atoms with E-state index in [-0.39, 0.29) is 31.3 Å². The second-order valence-electron chi connectivity index (χ2n) is 11.9. The smallest absolute Gasteiger partial charge is 0.347 e. The van der Waals surface area contributed by atoms with E-state index in [9.17, 15) is 19.2 Å². The topological polar surface area (TPSA) is 111 Å². The van der Waals surface area contributed by atoms with Gasteiger partial charge in [0.1, 0.15) is 18.7 Å². The molecule has 0 fully saturated rings. The largest absolute Gasteiger partial charge is 0.458 e. The normalized spacial score (nSPS) is 14.0. The number of nitrogens with zero attached hydrogens (tertiary/aromatic N) is 1. The van der Waals surface area contributed by atoms with Crippen molar-refractivity contribution >= 4 is 23.8 Å². The van der Waals surface area contributed by atoms with Gasteiger partial charge in [0.2, 0.25) is 0 Å². The second-order valence-corrected chi connectivity index (χ2v) is 11.9. The van der Waals surface area contributed by atoms with Gasteiger partial charge in [-0.25, -0.2) is 9.59 Å². The van der Waals surface area contributed by atoms with Crippen LogP contribution in [0.25, 0.3) is 0 Å². The van der Waals surface area contributed by atoms with Crippen LogP contribution in [0, 0.1) is 18.8 Å². The molecule has 0 aliphatic heterocycles. The number of esters is 3. The summed E-state index contributed by atoms with van der Waals surface area (Å²) in [6.07, 6.45) is -1.39. The Kier molecular flexibility index (Phi) is 14.4. The Morgan fingerprint density at radius 1 is 0.767 bits per heavy atom. The molecule has 0 saturated heterocycles. The average molecular weight is 597 g/mol. The quantitative estimate of drug-likeness (QED) is 0.221. The first-order valence-corrected chi connectivity index (χ1v) is 14.9. The zero-order valence-corrected chi connectivity index (χ0v) is 26.8. The van der Waals surface area contributed by atoms with Crippen LogP contribution in [0.3, 0.4) is 0 Å². The fraction of sp³-hybridized carbons (Fsp3) is 0.529. The van der Waals surface area contributed by atoms with Crippen LogP contribution in [0.5, 0.6) is 0 Å². The van der Waals surface area contributed by atoms with E-state index in [1.165, 1.54) is 18.9 Å². The van der Waals surface area contributed by atoms with Gasteiger partial charge in [-0.2, -0.15) is 0 Å². The highest BCUT2D eigenvalue weighted by Crippen LogP contribution is 2.19. The Morgan fingerprint density at radius 3 is 1.93 bits per heavy atom. The molecule has 1 amide bonds. The van der Waals surface area contributed by atoms with Crippen molar-refractivity contribution in [1.29, 1.82) is 0 Å². The maximum atomic E-state index is 13.9. The van der Waals surface area contributed by atoms with E-state index in [0.717, 1.165) is 16.7 Å². The first-order valence-electron chi connectivity index (χ1n) is 14.9. The van der Waals surface area contributed by atoms with Crippen molar-refractivity contribution in [3.63, 3.8) is 0 Å². The van der Waals surface area contributed by atoms with E-state index in [1.54, 1.807) is 7.05 Å². The lowest BCUT2D eigenvalue weighted by Gasteiger charge is -2.32. The van der Waals surface area contributed by atoms with E-state index < -0.39 is 48.1 Å². The highest BCUT2D eigenvalue weighted by atomic mass is 16.6. The molecule has 0 heterocycles. The van der Waals surface area contributed by atoms with Crippen LogP contribution >= 0.6 is 0 Å². The number of rotatable bonds is 16. The first kappa shape index (κ1) is 35.5. The lowest BCUT2D eigenvalue weighted by Crippen LogP contribution is -2.51. The van der Waals surface area contributed by atoms with Crippen molar-refractivity contribution in [2.24, 2.45) is 11.8 Å². The number of carbonyl (C=O) groups is 4. The SMILES string of the molecule is CN[C@@H](CC(C)C)C(=O)O[C@H](Cc1ccc(C)cc1)C(=O)N(C)[C@@H](CC(C)C)C(=O)O[C@H](C)C(=O)OCc1ccccc1. The third-order valence-electron chi connectivity index (χ3n) is 7.05. The summed E-state index contributed by atoms with van der Waals surface area (Å²) in [6.45, 7) is 11.3. The van der Waals surface area contributed by atoms with Crippen LogP contribution in [0.15, 0.2) is 54.6 Å². The van der Waals surface area contributed by atoms with E-state index in [4.69, 9.17) is 14.2 Å². The summed E-state index contributed by atoms with van der Waals surface area (Å²) in [5.41, 5.74) is 2.68. The standard InChI is InChI=1S/C34H48N2O7/c1-22(2)18-28(35-7)33(39)43-30(20-26-16-14-24(5)15-17-26)31(37)36(8)29(19-23(3)4)34(40)42-25(6)32(38)41-21-27-12-10-9-11-13-27/h9-17,22-23,25,28-30,35H,18-21H2,1-8H3/t25-,28+,29+,30-/m1/s1. The lowest BCUT2D eigenvalue weighted by atomic mass is 10.0. The Morgan fingerprint density at radius 2 is 1.37 bits per heavy atom. The number of benzene rings is 2. The summed E-state index contributed by atoms with van der Waals surface area (Å²) in [5.74, 6) is -2.24. The highest BCUT2D eigenvalue weighted by molar-refractivity contribution is 5.90. The Labute approximate surface area is 256 Å². The molecule has 43 heavy (non-hydrogen) atoms. The molecule has 2 rings (SSSR count). The summed E-state index contributed by atoms with van der Waals surface area (Å²) in [7, 11) is 3.17. The number of ether oxygens (including phenoxy) is 3. The molecule has 0 spiro atoms. The van der Waals surface area contributed by atoms with Gasteiger partial charge in [0, 0.05) is 13.5 Å². The minimum atomic E-state index is -1.18. The molecule has 0 saturated carbocycles. The van der Waals surface area contributed by atoms with Crippen molar-refractivity contribution < 1.29 is 33.4 Å².